The van der Waals surface area contributed by atoms with E-state index in [4.69, 9.17) is 0 Å². The lowest BCUT2D eigenvalue weighted by molar-refractivity contribution is -0.148. The van der Waals surface area contributed by atoms with Crippen LogP contribution in [-0.4, -0.2) is 57.1 Å². The maximum absolute atomic E-state index is 12.7. The zero-order chi connectivity index (χ0) is 15.7. The van der Waals surface area contributed by atoms with Gasteiger partial charge in [-0.05, 0) is 20.4 Å². The third kappa shape index (κ3) is 3.53. The fraction of sp³-hybridized carbons (Fsp3) is 0.833. The average molecular weight is 307 g/mol. The highest BCUT2D eigenvalue weighted by Gasteiger charge is 2.39. The minimum atomic E-state index is -4.46. The Hall–Kier alpha value is -1.19. The number of hydrogen-bond acceptors (Lipinski definition) is 5. The van der Waals surface area contributed by atoms with Crippen molar-refractivity contribution in [2.45, 2.75) is 38.1 Å². The lowest BCUT2D eigenvalue weighted by Gasteiger charge is -2.32. The van der Waals surface area contributed by atoms with Crippen LogP contribution in [-0.2, 0) is 19.3 Å². The van der Waals surface area contributed by atoms with Crippen LogP contribution >= 0.6 is 0 Å². The molecule has 0 radical (unpaired) electrons. The van der Waals surface area contributed by atoms with Gasteiger partial charge in [0.25, 0.3) is 0 Å². The van der Waals surface area contributed by atoms with Gasteiger partial charge >= 0.3 is 6.18 Å². The van der Waals surface area contributed by atoms with Crippen molar-refractivity contribution in [1.29, 1.82) is 0 Å². The molecule has 2 heterocycles. The smallest absolute Gasteiger partial charge is 0.394 e. The van der Waals surface area contributed by atoms with Gasteiger partial charge in [-0.15, -0.1) is 10.2 Å². The molecule has 0 saturated heterocycles. The number of hydrogen-bond donors (Lipinski definition) is 2. The van der Waals surface area contributed by atoms with Gasteiger partial charge in [0.05, 0.1) is 13.2 Å². The standard InChI is InChI=1S/C12H20F3N5O/c1-11(8-21,16-2)3-4-19-5-6-20-9(7-19)17-18-10(20)12(13,14)15/h16,21H,3-8H2,1-2H3. The summed E-state index contributed by atoms with van der Waals surface area (Å²) in [6.07, 6.45) is -3.77. The summed E-state index contributed by atoms with van der Waals surface area (Å²) in [6.45, 7) is 3.67. The summed E-state index contributed by atoms with van der Waals surface area (Å²) in [5.41, 5.74) is -0.387. The molecule has 1 aliphatic rings. The number of rotatable bonds is 5. The number of aromatic nitrogens is 3. The fourth-order valence-electron chi connectivity index (χ4n) is 2.30. The molecule has 0 amide bonds. The minimum Gasteiger partial charge on any atom is -0.394 e. The van der Waals surface area contributed by atoms with Gasteiger partial charge in [-0.2, -0.15) is 13.2 Å². The van der Waals surface area contributed by atoms with Crippen LogP contribution in [0, 0.1) is 0 Å². The number of alkyl halides is 3. The predicted octanol–water partition coefficient (Wildman–Crippen LogP) is 0.473. The Balaban J connectivity index is 2.00. The molecular weight excluding hydrogens is 287 g/mol. The maximum Gasteiger partial charge on any atom is 0.451 e. The molecule has 0 saturated carbocycles. The average Bonchev–Trinajstić information content (AvgIpc) is 2.88. The van der Waals surface area contributed by atoms with Crippen molar-refractivity contribution in [1.82, 2.24) is 25.0 Å². The summed E-state index contributed by atoms with van der Waals surface area (Å²) in [4.78, 5) is 2.02. The van der Waals surface area contributed by atoms with Crippen molar-refractivity contribution >= 4 is 0 Å². The number of nitrogens with one attached hydrogen (secondary N) is 1. The first-order valence-corrected chi connectivity index (χ1v) is 6.80. The molecule has 0 bridgehead atoms. The normalized spacial score (nSPS) is 19.3. The molecule has 0 aromatic carbocycles. The highest BCUT2D eigenvalue weighted by atomic mass is 19.4. The van der Waals surface area contributed by atoms with Gasteiger partial charge in [-0.1, -0.05) is 0 Å². The SMILES string of the molecule is CNC(C)(CO)CCN1CCn2c(nnc2C(F)(F)F)C1. The van der Waals surface area contributed by atoms with Crippen LogP contribution in [0.2, 0.25) is 0 Å². The van der Waals surface area contributed by atoms with E-state index in [-0.39, 0.29) is 18.7 Å². The van der Waals surface area contributed by atoms with Crippen molar-refractivity contribution in [3.05, 3.63) is 11.6 Å². The number of likely N-dealkylation sites (N-methyl/N-ethyl adjacent to an activating group) is 1. The first-order valence-electron chi connectivity index (χ1n) is 6.80. The molecule has 0 aliphatic carbocycles. The number of fused-ring (bicyclic) bond motifs is 1. The highest BCUT2D eigenvalue weighted by Crippen LogP contribution is 2.29. The molecule has 1 aromatic rings. The van der Waals surface area contributed by atoms with Crippen molar-refractivity contribution in [3.63, 3.8) is 0 Å². The molecule has 1 aliphatic heterocycles. The van der Waals surface area contributed by atoms with E-state index in [1.54, 1.807) is 7.05 Å². The monoisotopic (exact) mass is 307 g/mol. The lowest BCUT2D eigenvalue weighted by atomic mass is 9.99. The molecule has 1 unspecified atom stereocenters. The zero-order valence-corrected chi connectivity index (χ0v) is 12.1. The molecule has 120 valence electrons. The molecule has 2 rings (SSSR count). The first-order chi connectivity index (χ1) is 9.79. The Kier molecular flexibility index (Phi) is 4.54. The summed E-state index contributed by atoms with van der Waals surface area (Å²) in [5.74, 6) is -0.587. The van der Waals surface area contributed by atoms with E-state index >= 15 is 0 Å². The summed E-state index contributed by atoms with van der Waals surface area (Å²) >= 11 is 0. The number of aliphatic hydroxyl groups is 1. The third-order valence-corrected chi connectivity index (χ3v) is 4.02. The number of nitrogens with zero attached hydrogens (tertiary/aromatic N) is 4. The van der Waals surface area contributed by atoms with Crippen LogP contribution < -0.4 is 5.32 Å². The quantitative estimate of drug-likeness (QED) is 0.828. The van der Waals surface area contributed by atoms with Gasteiger partial charge in [0.1, 0.15) is 5.82 Å². The van der Waals surface area contributed by atoms with Crippen LogP contribution in [0.25, 0.3) is 0 Å². The summed E-state index contributed by atoms with van der Waals surface area (Å²) < 4.78 is 39.3. The fourth-order valence-corrected chi connectivity index (χ4v) is 2.30. The number of halogens is 3. The van der Waals surface area contributed by atoms with E-state index < -0.39 is 12.0 Å². The molecule has 1 atom stereocenters. The Morgan fingerprint density at radius 2 is 2.00 bits per heavy atom. The minimum absolute atomic E-state index is 0.00570. The van der Waals surface area contributed by atoms with E-state index in [1.165, 1.54) is 0 Å². The summed E-state index contributed by atoms with van der Waals surface area (Å²) in [6, 6.07) is 0. The third-order valence-electron chi connectivity index (χ3n) is 4.02. The van der Waals surface area contributed by atoms with E-state index in [0.717, 1.165) is 4.57 Å². The van der Waals surface area contributed by atoms with Gasteiger partial charge in [-0.25, -0.2) is 0 Å². The molecule has 0 fully saturated rings. The van der Waals surface area contributed by atoms with E-state index in [0.29, 0.717) is 31.9 Å². The molecule has 6 nitrogen and oxygen atoms in total. The molecule has 9 heteroatoms. The van der Waals surface area contributed by atoms with Crippen molar-refractivity contribution in [2.75, 3.05) is 26.7 Å². The lowest BCUT2D eigenvalue weighted by Crippen LogP contribution is -2.47. The Bertz CT molecular complexity index is 484. The van der Waals surface area contributed by atoms with E-state index in [9.17, 15) is 18.3 Å². The van der Waals surface area contributed by atoms with Gasteiger partial charge in [0, 0.05) is 25.2 Å². The van der Waals surface area contributed by atoms with Gasteiger partial charge in [0.15, 0.2) is 0 Å². The summed E-state index contributed by atoms with van der Waals surface area (Å²) in [5, 5.41) is 19.3. The highest BCUT2D eigenvalue weighted by molar-refractivity contribution is 5.02. The van der Waals surface area contributed by atoms with Crippen LogP contribution in [0.5, 0.6) is 0 Å². The molecule has 0 spiro atoms. The van der Waals surface area contributed by atoms with Crippen molar-refractivity contribution in [2.24, 2.45) is 0 Å². The Labute approximate surface area is 121 Å². The largest absolute Gasteiger partial charge is 0.451 e. The molecule has 2 N–H and O–H groups in total. The zero-order valence-electron chi connectivity index (χ0n) is 12.1. The Morgan fingerprint density at radius 1 is 1.29 bits per heavy atom. The topological polar surface area (TPSA) is 66.2 Å². The first kappa shape index (κ1) is 16.2. The maximum atomic E-state index is 12.7. The summed E-state index contributed by atoms with van der Waals surface area (Å²) in [7, 11) is 1.78. The van der Waals surface area contributed by atoms with Gasteiger partial charge in [-0.3, -0.25) is 4.90 Å². The predicted molar refractivity (Wildman–Crippen MR) is 69.5 cm³/mol. The number of aliphatic hydroxyl groups excluding tert-OH is 1. The van der Waals surface area contributed by atoms with Crippen LogP contribution in [0.15, 0.2) is 0 Å². The second kappa shape index (κ2) is 5.90. The van der Waals surface area contributed by atoms with Crippen molar-refractivity contribution in [3.8, 4) is 0 Å². The van der Waals surface area contributed by atoms with E-state index in [2.05, 4.69) is 15.5 Å². The van der Waals surface area contributed by atoms with E-state index in [1.807, 2.05) is 11.8 Å². The molecule has 1 aromatic heterocycles. The van der Waals surface area contributed by atoms with Crippen LogP contribution in [0.4, 0.5) is 13.2 Å². The van der Waals surface area contributed by atoms with Gasteiger partial charge < -0.3 is 15.0 Å². The second-order valence-corrected chi connectivity index (χ2v) is 5.58. The molecule has 21 heavy (non-hydrogen) atoms. The van der Waals surface area contributed by atoms with Gasteiger partial charge in [0.2, 0.25) is 5.82 Å². The van der Waals surface area contributed by atoms with Crippen LogP contribution in [0.3, 0.4) is 0 Å². The molecular formula is C12H20F3N5O. The Morgan fingerprint density at radius 3 is 2.57 bits per heavy atom. The van der Waals surface area contributed by atoms with Crippen molar-refractivity contribution < 1.29 is 18.3 Å². The van der Waals surface area contributed by atoms with Crippen LogP contribution in [0.1, 0.15) is 25.0 Å². The second-order valence-electron chi connectivity index (χ2n) is 5.58.